The van der Waals surface area contributed by atoms with Crippen molar-refractivity contribution < 1.29 is 0 Å². The molecule has 0 saturated carbocycles. The van der Waals surface area contributed by atoms with Crippen LogP contribution in [0.5, 0.6) is 0 Å². The zero-order valence-electron chi connectivity index (χ0n) is 11.5. The summed E-state index contributed by atoms with van der Waals surface area (Å²) in [5.41, 5.74) is 1.17. The van der Waals surface area contributed by atoms with Gasteiger partial charge in [0.05, 0.1) is 5.69 Å². The Labute approximate surface area is 106 Å². The number of hydrogen-bond acceptors (Lipinski definition) is 2. The molecule has 2 nitrogen and oxygen atoms in total. The van der Waals surface area contributed by atoms with Gasteiger partial charge in [0.15, 0.2) is 0 Å². The minimum Gasteiger partial charge on any atom is -0.300 e. The van der Waals surface area contributed by atoms with Gasteiger partial charge in [-0.2, -0.15) is 0 Å². The Hall–Kier alpha value is -0.890. The summed E-state index contributed by atoms with van der Waals surface area (Å²) >= 11 is 0. The van der Waals surface area contributed by atoms with E-state index in [2.05, 4.69) is 42.9 Å². The quantitative estimate of drug-likeness (QED) is 0.681. The van der Waals surface area contributed by atoms with E-state index in [0.717, 1.165) is 12.5 Å². The van der Waals surface area contributed by atoms with Crippen molar-refractivity contribution >= 4 is 0 Å². The molecule has 0 amide bonds. The van der Waals surface area contributed by atoms with Crippen LogP contribution in [0.25, 0.3) is 0 Å². The molecule has 0 saturated heterocycles. The first kappa shape index (κ1) is 14.2. The van der Waals surface area contributed by atoms with Crippen LogP contribution < -0.4 is 0 Å². The van der Waals surface area contributed by atoms with Gasteiger partial charge in [-0.1, -0.05) is 39.2 Å². The van der Waals surface area contributed by atoms with E-state index in [9.17, 15) is 0 Å². The van der Waals surface area contributed by atoms with Gasteiger partial charge >= 0.3 is 0 Å². The fourth-order valence-electron chi connectivity index (χ4n) is 2.19. The Balaban J connectivity index is 2.34. The fraction of sp³-hybridized carbons (Fsp3) is 0.667. The van der Waals surface area contributed by atoms with Gasteiger partial charge in [-0.05, 0) is 31.5 Å². The minimum absolute atomic E-state index is 0.837. The number of nitrogens with zero attached hydrogens (tertiary/aromatic N) is 2. The molecule has 1 atom stereocenters. The van der Waals surface area contributed by atoms with Gasteiger partial charge < -0.3 is 4.90 Å². The van der Waals surface area contributed by atoms with Gasteiger partial charge in [0.2, 0.25) is 0 Å². The van der Waals surface area contributed by atoms with E-state index in [-0.39, 0.29) is 0 Å². The van der Waals surface area contributed by atoms with Gasteiger partial charge in [-0.3, -0.25) is 4.98 Å². The number of aromatic nitrogens is 1. The van der Waals surface area contributed by atoms with Gasteiger partial charge in [-0.25, -0.2) is 0 Å². The molecule has 0 aliphatic carbocycles. The van der Waals surface area contributed by atoms with Gasteiger partial charge in [0, 0.05) is 19.3 Å². The predicted octanol–water partition coefficient (Wildman–Crippen LogP) is 3.73. The zero-order valence-corrected chi connectivity index (χ0v) is 11.5. The largest absolute Gasteiger partial charge is 0.300 e. The number of unbranched alkanes of at least 4 members (excludes halogenated alkanes) is 1. The summed E-state index contributed by atoms with van der Waals surface area (Å²) in [6.07, 6.45) is 7.18. The first-order valence-electron chi connectivity index (χ1n) is 6.84. The van der Waals surface area contributed by atoms with E-state index in [1.807, 2.05) is 12.3 Å². The molecular weight excluding hydrogens is 208 g/mol. The maximum absolute atomic E-state index is 4.37. The van der Waals surface area contributed by atoms with Crippen LogP contribution in [0.3, 0.4) is 0 Å². The van der Waals surface area contributed by atoms with Gasteiger partial charge in [-0.15, -0.1) is 0 Å². The molecule has 2 heteroatoms. The van der Waals surface area contributed by atoms with Crippen molar-refractivity contribution in [1.82, 2.24) is 9.88 Å². The van der Waals surface area contributed by atoms with Crippen molar-refractivity contribution in [3.8, 4) is 0 Å². The smallest absolute Gasteiger partial charge is 0.0543 e. The number of hydrogen-bond donors (Lipinski definition) is 0. The Morgan fingerprint density at radius 3 is 2.71 bits per heavy atom. The van der Waals surface area contributed by atoms with Crippen molar-refractivity contribution in [3.63, 3.8) is 0 Å². The van der Waals surface area contributed by atoms with Crippen LogP contribution in [0, 0.1) is 5.92 Å². The molecule has 0 radical (unpaired) electrons. The molecule has 1 aromatic rings. The lowest BCUT2D eigenvalue weighted by Crippen LogP contribution is -2.25. The summed E-state index contributed by atoms with van der Waals surface area (Å²) < 4.78 is 0. The molecule has 0 N–H and O–H groups in total. The number of pyridine rings is 1. The molecule has 96 valence electrons. The molecular formula is C15H26N2. The van der Waals surface area contributed by atoms with Crippen LogP contribution in [0.2, 0.25) is 0 Å². The molecule has 1 heterocycles. The molecule has 0 aliphatic heterocycles. The molecule has 1 rings (SSSR count). The summed E-state index contributed by atoms with van der Waals surface area (Å²) in [7, 11) is 2.20. The minimum atomic E-state index is 0.837. The Bertz CT molecular complexity index is 284. The van der Waals surface area contributed by atoms with E-state index >= 15 is 0 Å². The van der Waals surface area contributed by atoms with Crippen molar-refractivity contribution in [2.45, 2.75) is 46.1 Å². The maximum atomic E-state index is 4.37. The lowest BCUT2D eigenvalue weighted by atomic mass is 9.99. The van der Waals surface area contributed by atoms with E-state index in [0.29, 0.717) is 0 Å². The Morgan fingerprint density at radius 2 is 2.12 bits per heavy atom. The van der Waals surface area contributed by atoms with Gasteiger partial charge in [0.1, 0.15) is 0 Å². The highest BCUT2D eigenvalue weighted by atomic mass is 15.1. The highest BCUT2D eigenvalue weighted by Gasteiger charge is 2.09. The van der Waals surface area contributed by atoms with Crippen molar-refractivity contribution in [2.24, 2.45) is 5.92 Å². The highest BCUT2D eigenvalue weighted by Crippen LogP contribution is 2.14. The molecule has 1 unspecified atom stereocenters. The summed E-state index contributed by atoms with van der Waals surface area (Å²) in [6.45, 7) is 6.72. The lowest BCUT2D eigenvalue weighted by molar-refractivity contribution is 0.251. The fourth-order valence-corrected chi connectivity index (χ4v) is 2.19. The van der Waals surface area contributed by atoms with Crippen LogP contribution in [0.1, 0.15) is 45.2 Å². The molecule has 17 heavy (non-hydrogen) atoms. The van der Waals surface area contributed by atoms with Crippen molar-refractivity contribution in [2.75, 3.05) is 13.6 Å². The first-order chi connectivity index (χ1) is 8.26. The SMILES string of the molecule is CCCCC(CC)CN(C)Cc1ccccn1. The summed E-state index contributed by atoms with van der Waals surface area (Å²) in [4.78, 5) is 6.77. The average molecular weight is 234 g/mol. The van der Waals surface area contributed by atoms with Crippen LogP contribution in [-0.2, 0) is 6.54 Å². The summed E-state index contributed by atoms with van der Waals surface area (Å²) in [6, 6.07) is 6.13. The molecule has 0 aromatic carbocycles. The summed E-state index contributed by atoms with van der Waals surface area (Å²) in [5.74, 6) is 0.837. The predicted molar refractivity (Wildman–Crippen MR) is 73.9 cm³/mol. The highest BCUT2D eigenvalue weighted by molar-refractivity contribution is 5.02. The second-order valence-corrected chi connectivity index (χ2v) is 4.93. The van der Waals surface area contributed by atoms with E-state index in [4.69, 9.17) is 0 Å². The number of rotatable bonds is 8. The summed E-state index contributed by atoms with van der Waals surface area (Å²) in [5, 5.41) is 0. The van der Waals surface area contributed by atoms with Crippen LogP contribution >= 0.6 is 0 Å². The van der Waals surface area contributed by atoms with Crippen molar-refractivity contribution in [1.29, 1.82) is 0 Å². The maximum Gasteiger partial charge on any atom is 0.0543 e. The Morgan fingerprint density at radius 1 is 1.29 bits per heavy atom. The second kappa shape index (κ2) is 8.24. The van der Waals surface area contributed by atoms with Crippen LogP contribution in [0.15, 0.2) is 24.4 Å². The monoisotopic (exact) mass is 234 g/mol. The molecule has 0 aliphatic rings. The molecule has 0 fully saturated rings. The third kappa shape index (κ3) is 5.83. The second-order valence-electron chi connectivity index (χ2n) is 4.93. The first-order valence-corrected chi connectivity index (χ1v) is 6.84. The zero-order chi connectivity index (χ0) is 12.5. The third-order valence-corrected chi connectivity index (χ3v) is 3.27. The van der Waals surface area contributed by atoms with Crippen molar-refractivity contribution in [3.05, 3.63) is 30.1 Å². The van der Waals surface area contributed by atoms with Crippen LogP contribution in [-0.4, -0.2) is 23.5 Å². The van der Waals surface area contributed by atoms with E-state index in [1.54, 1.807) is 0 Å². The molecule has 0 bridgehead atoms. The lowest BCUT2D eigenvalue weighted by Gasteiger charge is -2.22. The molecule has 0 spiro atoms. The third-order valence-electron chi connectivity index (χ3n) is 3.27. The van der Waals surface area contributed by atoms with Crippen LogP contribution in [0.4, 0.5) is 0 Å². The topological polar surface area (TPSA) is 16.1 Å². The normalized spacial score (nSPS) is 12.9. The Kier molecular flexibility index (Phi) is 6.87. The van der Waals surface area contributed by atoms with E-state index < -0.39 is 0 Å². The van der Waals surface area contributed by atoms with Gasteiger partial charge in [0.25, 0.3) is 0 Å². The molecule has 1 aromatic heterocycles. The van der Waals surface area contributed by atoms with E-state index in [1.165, 1.54) is 37.9 Å². The standard InChI is InChI=1S/C15H26N2/c1-4-6-9-14(5-2)12-17(3)13-15-10-7-8-11-16-15/h7-8,10-11,14H,4-6,9,12-13H2,1-3H3. The average Bonchev–Trinajstić information content (AvgIpc) is 2.35.